The SMILES string of the molecule is COc1ccc(-c2nc(C(=O)NS(=O)(=O)c3cc(Cl)c(Br)s3)cs2)cc1. The zero-order valence-electron chi connectivity index (χ0n) is 13.0. The first-order valence-electron chi connectivity index (χ1n) is 6.92. The molecule has 2 aromatic heterocycles. The highest BCUT2D eigenvalue weighted by molar-refractivity contribution is 9.11. The number of nitrogens with one attached hydrogen (secondary N) is 1. The molecule has 11 heteroatoms. The lowest BCUT2D eigenvalue weighted by molar-refractivity contribution is 0.0977. The van der Waals surface area contributed by atoms with Gasteiger partial charge < -0.3 is 4.74 Å². The summed E-state index contributed by atoms with van der Waals surface area (Å²) in [6.45, 7) is 0. The molecule has 1 N–H and O–H groups in total. The second kappa shape index (κ2) is 7.65. The van der Waals surface area contributed by atoms with Crippen LogP contribution < -0.4 is 9.46 Å². The average Bonchev–Trinajstić information content (AvgIpc) is 3.23. The molecule has 0 aliphatic carbocycles. The molecule has 0 bridgehead atoms. The summed E-state index contributed by atoms with van der Waals surface area (Å²) in [6.07, 6.45) is 0. The molecular weight excluding hydrogens is 484 g/mol. The van der Waals surface area contributed by atoms with Crippen LogP contribution in [0.3, 0.4) is 0 Å². The van der Waals surface area contributed by atoms with E-state index in [9.17, 15) is 13.2 Å². The molecule has 0 radical (unpaired) electrons. The molecule has 0 unspecified atom stereocenters. The Labute approximate surface area is 171 Å². The van der Waals surface area contributed by atoms with Crippen molar-refractivity contribution in [2.75, 3.05) is 7.11 Å². The van der Waals surface area contributed by atoms with Crippen LogP contribution in [0.4, 0.5) is 0 Å². The molecule has 3 aromatic rings. The lowest BCUT2D eigenvalue weighted by Gasteiger charge is -2.02. The molecule has 0 aliphatic rings. The van der Waals surface area contributed by atoms with Crippen molar-refractivity contribution in [1.82, 2.24) is 9.71 Å². The summed E-state index contributed by atoms with van der Waals surface area (Å²) in [5, 5.41) is 2.36. The molecule has 0 fully saturated rings. The number of rotatable bonds is 5. The Morgan fingerprint density at radius 2 is 2.00 bits per heavy atom. The Morgan fingerprint density at radius 1 is 1.31 bits per heavy atom. The van der Waals surface area contributed by atoms with Gasteiger partial charge in [0.25, 0.3) is 15.9 Å². The first-order chi connectivity index (χ1) is 12.3. The van der Waals surface area contributed by atoms with Crippen LogP contribution in [-0.4, -0.2) is 26.4 Å². The van der Waals surface area contributed by atoms with E-state index in [0.717, 1.165) is 16.9 Å². The van der Waals surface area contributed by atoms with Crippen LogP contribution in [0.5, 0.6) is 5.75 Å². The summed E-state index contributed by atoms with van der Waals surface area (Å²) in [5.74, 6) is -0.100. The zero-order valence-corrected chi connectivity index (χ0v) is 17.8. The Bertz CT molecular complexity index is 1040. The van der Waals surface area contributed by atoms with Crippen molar-refractivity contribution in [1.29, 1.82) is 0 Å². The van der Waals surface area contributed by atoms with Crippen molar-refractivity contribution in [3.63, 3.8) is 0 Å². The predicted octanol–water partition coefficient (Wildman–Crippen LogP) is 4.41. The number of carbonyl (C=O) groups is 1. The van der Waals surface area contributed by atoms with Gasteiger partial charge in [-0.15, -0.1) is 22.7 Å². The van der Waals surface area contributed by atoms with Gasteiger partial charge in [-0.1, -0.05) is 11.6 Å². The number of hydrogen-bond acceptors (Lipinski definition) is 7. The first-order valence-corrected chi connectivity index (χ1v) is 11.3. The third-order valence-electron chi connectivity index (χ3n) is 3.19. The van der Waals surface area contributed by atoms with Crippen molar-refractivity contribution in [3.8, 4) is 16.3 Å². The van der Waals surface area contributed by atoms with E-state index < -0.39 is 15.9 Å². The van der Waals surface area contributed by atoms with E-state index in [1.807, 2.05) is 4.72 Å². The number of thiophene rings is 1. The Morgan fingerprint density at radius 3 is 2.58 bits per heavy atom. The largest absolute Gasteiger partial charge is 0.497 e. The van der Waals surface area contributed by atoms with Gasteiger partial charge in [0.05, 0.1) is 15.9 Å². The van der Waals surface area contributed by atoms with Gasteiger partial charge >= 0.3 is 0 Å². The zero-order chi connectivity index (χ0) is 18.9. The number of methoxy groups -OCH3 is 1. The van der Waals surface area contributed by atoms with Crippen LogP contribution in [0.15, 0.2) is 43.7 Å². The Hall–Kier alpha value is -1.46. The molecule has 136 valence electrons. The molecule has 0 aliphatic heterocycles. The molecule has 0 spiro atoms. The van der Waals surface area contributed by atoms with E-state index >= 15 is 0 Å². The molecule has 3 rings (SSSR count). The van der Waals surface area contributed by atoms with Crippen molar-refractivity contribution in [2.45, 2.75) is 4.21 Å². The summed E-state index contributed by atoms with van der Waals surface area (Å²) in [5.41, 5.74) is 0.817. The molecule has 0 atom stereocenters. The van der Waals surface area contributed by atoms with Gasteiger partial charge in [-0.3, -0.25) is 4.79 Å². The summed E-state index contributed by atoms with van der Waals surface area (Å²) in [4.78, 5) is 16.5. The fourth-order valence-corrected chi connectivity index (χ4v) is 6.09. The fraction of sp³-hybridized carbons (Fsp3) is 0.0667. The Kier molecular flexibility index (Phi) is 5.68. The van der Waals surface area contributed by atoms with Crippen LogP contribution in [0.1, 0.15) is 10.5 Å². The summed E-state index contributed by atoms with van der Waals surface area (Å²) >= 11 is 11.2. The van der Waals surface area contributed by atoms with Crippen molar-refractivity contribution in [3.05, 3.63) is 50.2 Å². The van der Waals surface area contributed by atoms with E-state index in [-0.39, 0.29) is 14.9 Å². The van der Waals surface area contributed by atoms with Crippen LogP contribution >= 0.6 is 50.2 Å². The number of halogens is 2. The number of thiazole rings is 1. The minimum atomic E-state index is -4.02. The number of benzene rings is 1. The highest BCUT2D eigenvalue weighted by Gasteiger charge is 2.23. The average molecular weight is 494 g/mol. The summed E-state index contributed by atoms with van der Waals surface area (Å²) in [7, 11) is -2.45. The second-order valence-electron chi connectivity index (χ2n) is 4.89. The lowest BCUT2D eigenvalue weighted by Crippen LogP contribution is -2.30. The number of carbonyl (C=O) groups excluding carboxylic acids is 1. The Balaban J connectivity index is 1.79. The van der Waals surface area contributed by atoms with Gasteiger partial charge in [0, 0.05) is 10.9 Å². The van der Waals surface area contributed by atoms with Gasteiger partial charge in [-0.25, -0.2) is 18.1 Å². The maximum absolute atomic E-state index is 12.3. The first kappa shape index (κ1) is 19.3. The molecule has 26 heavy (non-hydrogen) atoms. The van der Waals surface area contributed by atoms with Crippen molar-refractivity contribution < 1.29 is 17.9 Å². The molecule has 1 aromatic carbocycles. The van der Waals surface area contributed by atoms with E-state index in [4.69, 9.17) is 16.3 Å². The monoisotopic (exact) mass is 492 g/mol. The number of ether oxygens (including phenoxy) is 1. The van der Waals surface area contributed by atoms with E-state index in [1.165, 1.54) is 22.8 Å². The van der Waals surface area contributed by atoms with Gasteiger partial charge in [-0.05, 0) is 46.3 Å². The molecule has 6 nitrogen and oxygen atoms in total. The van der Waals surface area contributed by atoms with Crippen molar-refractivity contribution in [2.24, 2.45) is 0 Å². The highest BCUT2D eigenvalue weighted by atomic mass is 79.9. The summed E-state index contributed by atoms with van der Waals surface area (Å²) < 4.78 is 32.1. The van der Waals surface area contributed by atoms with Crippen molar-refractivity contribution >= 4 is 66.1 Å². The van der Waals surface area contributed by atoms with Gasteiger partial charge in [0.2, 0.25) is 0 Å². The van der Waals surface area contributed by atoms with Gasteiger partial charge in [0.15, 0.2) is 0 Å². The number of amides is 1. The molecule has 0 saturated heterocycles. The third-order valence-corrected chi connectivity index (χ3v) is 8.36. The van der Waals surface area contributed by atoms with Gasteiger partial charge in [0.1, 0.15) is 20.7 Å². The van der Waals surface area contributed by atoms with E-state index in [2.05, 4.69) is 20.9 Å². The lowest BCUT2D eigenvalue weighted by atomic mass is 10.2. The third kappa shape index (κ3) is 4.09. The van der Waals surface area contributed by atoms with E-state index in [1.54, 1.807) is 31.4 Å². The molecule has 0 saturated carbocycles. The topological polar surface area (TPSA) is 85.4 Å². The number of hydrogen-bond donors (Lipinski definition) is 1. The van der Waals surface area contributed by atoms with Crippen LogP contribution in [0, 0.1) is 0 Å². The maximum Gasteiger partial charge on any atom is 0.284 e. The number of nitrogens with zero attached hydrogens (tertiary/aromatic N) is 1. The normalized spacial score (nSPS) is 11.3. The number of sulfonamides is 1. The van der Waals surface area contributed by atoms with E-state index in [0.29, 0.717) is 14.5 Å². The standard InChI is InChI=1S/C15H10BrClN2O4S3/c1-23-9-4-2-8(3-5-9)15-18-11(7-24-15)14(20)19-26(21,22)12-6-10(17)13(16)25-12/h2-7H,1H3,(H,19,20). The predicted molar refractivity (Wildman–Crippen MR) is 106 cm³/mol. The number of aromatic nitrogens is 1. The molecular formula is C15H10BrClN2O4S3. The molecule has 2 heterocycles. The van der Waals surface area contributed by atoms with Crippen LogP contribution in [0.2, 0.25) is 5.02 Å². The highest BCUT2D eigenvalue weighted by Crippen LogP contribution is 2.34. The van der Waals surface area contributed by atoms with Gasteiger partial charge in [-0.2, -0.15) is 0 Å². The minimum absolute atomic E-state index is 0.0195. The van der Waals surface area contributed by atoms with Crippen LogP contribution in [-0.2, 0) is 10.0 Å². The smallest absolute Gasteiger partial charge is 0.284 e. The fourth-order valence-electron chi connectivity index (χ4n) is 1.93. The maximum atomic E-state index is 12.3. The minimum Gasteiger partial charge on any atom is -0.497 e. The summed E-state index contributed by atoms with van der Waals surface area (Å²) in [6, 6.07) is 8.44. The van der Waals surface area contributed by atoms with Crippen LogP contribution in [0.25, 0.3) is 10.6 Å². The molecule has 1 amide bonds. The quantitative estimate of drug-likeness (QED) is 0.569. The second-order valence-corrected chi connectivity index (χ2v) is 10.4.